The number of hydrogen-bond donors (Lipinski definition) is 1. The number of aliphatic hydroxyl groups excluding tert-OH is 1. The molecule has 0 bridgehead atoms. The third kappa shape index (κ3) is 4.92. The summed E-state index contributed by atoms with van der Waals surface area (Å²) in [5.41, 5.74) is 1.94. The van der Waals surface area contributed by atoms with Gasteiger partial charge in [-0.15, -0.1) is 0 Å². The number of fused-ring (bicyclic) bond motifs is 1. The lowest BCUT2D eigenvalue weighted by atomic mass is 10.1. The van der Waals surface area contributed by atoms with Gasteiger partial charge in [0.1, 0.15) is 30.0 Å². The van der Waals surface area contributed by atoms with Gasteiger partial charge in [0.05, 0.1) is 13.7 Å². The number of benzene rings is 1. The number of β-amino-alcohol motifs (C(OH)–C–C–N with tert-alkyl or cyclic N) is 1. The summed E-state index contributed by atoms with van der Waals surface area (Å²) in [6, 6.07) is 9.62. The minimum absolute atomic E-state index is 0.213. The lowest BCUT2D eigenvalue weighted by Crippen LogP contribution is -2.37. The molecule has 0 radical (unpaired) electrons. The van der Waals surface area contributed by atoms with Crippen molar-refractivity contribution in [2.45, 2.75) is 37.8 Å². The number of pyridine rings is 1. The molecule has 5 rings (SSSR count). The first-order valence-corrected chi connectivity index (χ1v) is 11.2. The average Bonchev–Trinajstić information content (AvgIpc) is 3.63. The number of aromatic nitrogens is 4. The standard InChI is InChI=1S/C24H29N5O3/c1-31-21-11-19(18-3-2-7-25-14-18)12-22(13-21)32-16-20(30)15-28-8-6-23-26-24(17-4-5-17)27-29(23)10-9-28/h2-3,7,11-14,17,20,30H,4-6,8-10,15-16H2,1H3. The Bertz CT molecular complexity index is 1030. The van der Waals surface area contributed by atoms with Crippen LogP contribution in [-0.2, 0) is 13.0 Å². The molecule has 32 heavy (non-hydrogen) atoms. The highest BCUT2D eigenvalue weighted by molar-refractivity contribution is 5.66. The first-order valence-electron chi connectivity index (χ1n) is 11.2. The Morgan fingerprint density at radius 3 is 2.78 bits per heavy atom. The molecule has 8 heteroatoms. The fourth-order valence-corrected chi connectivity index (χ4v) is 4.08. The van der Waals surface area contributed by atoms with E-state index in [1.165, 1.54) is 12.8 Å². The lowest BCUT2D eigenvalue weighted by Gasteiger charge is -2.23. The Balaban J connectivity index is 1.16. The Morgan fingerprint density at radius 1 is 1.12 bits per heavy atom. The van der Waals surface area contributed by atoms with Crippen molar-refractivity contribution in [2.24, 2.45) is 0 Å². The average molecular weight is 436 g/mol. The van der Waals surface area contributed by atoms with E-state index in [9.17, 15) is 5.11 Å². The number of aliphatic hydroxyl groups is 1. The van der Waals surface area contributed by atoms with E-state index in [2.05, 4.69) is 15.0 Å². The molecule has 0 saturated heterocycles. The minimum atomic E-state index is -0.594. The summed E-state index contributed by atoms with van der Waals surface area (Å²) in [5.74, 6) is 4.04. The van der Waals surface area contributed by atoms with E-state index in [1.807, 2.05) is 35.0 Å². The summed E-state index contributed by atoms with van der Waals surface area (Å²) < 4.78 is 13.4. The van der Waals surface area contributed by atoms with E-state index in [4.69, 9.17) is 14.5 Å². The molecule has 1 aliphatic heterocycles. The van der Waals surface area contributed by atoms with Crippen LogP contribution in [-0.4, -0.2) is 69.2 Å². The maximum atomic E-state index is 10.6. The van der Waals surface area contributed by atoms with Crippen LogP contribution in [0.4, 0.5) is 0 Å². The van der Waals surface area contributed by atoms with Crippen molar-refractivity contribution in [1.29, 1.82) is 0 Å². The molecule has 1 saturated carbocycles. The van der Waals surface area contributed by atoms with Crippen LogP contribution in [0.15, 0.2) is 42.7 Å². The Kier molecular flexibility index (Phi) is 6.05. The summed E-state index contributed by atoms with van der Waals surface area (Å²) in [6.45, 7) is 3.30. The zero-order valence-electron chi connectivity index (χ0n) is 18.4. The number of rotatable bonds is 8. The maximum absolute atomic E-state index is 10.6. The van der Waals surface area contributed by atoms with E-state index < -0.39 is 6.10 Å². The first kappa shape index (κ1) is 20.9. The van der Waals surface area contributed by atoms with Crippen LogP contribution < -0.4 is 9.47 Å². The van der Waals surface area contributed by atoms with Crippen LogP contribution in [0, 0.1) is 0 Å². The Labute approximate surface area is 187 Å². The van der Waals surface area contributed by atoms with Crippen molar-refractivity contribution in [2.75, 3.05) is 33.4 Å². The van der Waals surface area contributed by atoms with E-state index in [-0.39, 0.29) is 6.61 Å². The molecule has 168 valence electrons. The number of nitrogens with zero attached hydrogens (tertiary/aromatic N) is 5. The van der Waals surface area contributed by atoms with Crippen LogP contribution in [0.5, 0.6) is 11.5 Å². The summed E-state index contributed by atoms with van der Waals surface area (Å²) >= 11 is 0. The second-order valence-electron chi connectivity index (χ2n) is 8.54. The van der Waals surface area contributed by atoms with Gasteiger partial charge in [-0.3, -0.25) is 9.88 Å². The zero-order valence-corrected chi connectivity index (χ0v) is 18.4. The summed E-state index contributed by atoms with van der Waals surface area (Å²) in [6.07, 6.45) is 6.26. The highest BCUT2D eigenvalue weighted by Crippen LogP contribution is 2.38. The zero-order chi connectivity index (χ0) is 21.9. The molecule has 8 nitrogen and oxygen atoms in total. The normalized spacial score (nSPS) is 17.4. The van der Waals surface area contributed by atoms with Crippen molar-refractivity contribution in [3.8, 4) is 22.6 Å². The molecular formula is C24H29N5O3. The van der Waals surface area contributed by atoms with Gasteiger partial charge >= 0.3 is 0 Å². The molecule has 1 unspecified atom stereocenters. The van der Waals surface area contributed by atoms with Gasteiger partial charge in [-0.25, -0.2) is 9.67 Å². The van der Waals surface area contributed by atoms with Crippen molar-refractivity contribution in [3.63, 3.8) is 0 Å². The van der Waals surface area contributed by atoms with Gasteiger partial charge < -0.3 is 14.6 Å². The Hall–Kier alpha value is -2.97. The van der Waals surface area contributed by atoms with E-state index in [0.29, 0.717) is 24.0 Å². The SMILES string of the molecule is COc1cc(OCC(O)CN2CCc3nc(C4CC4)nn3CC2)cc(-c2cccnc2)c1. The number of ether oxygens (including phenoxy) is 2. The Morgan fingerprint density at radius 2 is 2.00 bits per heavy atom. The minimum Gasteiger partial charge on any atom is -0.497 e. The largest absolute Gasteiger partial charge is 0.497 e. The van der Waals surface area contributed by atoms with Gasteiger partial charge in [0.2, 0.25) is 0 Å². The highest BCUT2D eigenvalue weighted by Gasteiger charge is 2.29. The predicted octanol–water partition coefficient (Wildman–Crippen LogP) is 2.52. The second kappa shape index (κ2) is 9.26. The van der Waals surface area contributed by atoms with Gasteiger partial charge in [0.25, 0.3) is 0 Å². The van der Waals surface area contributed by atoms with Crippen molar-refractivity contribution >= 4 is 0 Å². The molecule has 1 N–H and O–H groups in total. The number of hydrogen-bond acceptors (Lipinski definition) is 7. The molecular weight excluding hydrogens is 406 g/mol. The van der Waals surface area contributed by atoms with Crippen LogP contribution in [0.1, 0.15) is 30.4 Å². The van der Waals surface area contributed by atoms with Gasteiger partial charge in [-0.2, -0.15) is 5.10 Å². The first-order chi connectivity index (χ1) is 15.7. The summed E-state index contributed by atoms with van der Waals surface area (Å²) in [5, 5.41) is 15.3. The summed E-state index contributed by atoms with van der Waals surface area (Å²) in [4.78, 5) is 11.2. The summed E-state index contributed by atoms with van der Waals surface area (Å²) in [7, 11) is 1.63. The second-order valence-corrected chi connectivity index (χ2v) is 8.54. The molecule has 3 aromatic rings. The number of methoxy groups -OCH3 is 1. The van der Waals surface area contributed by atoms with Gasteiger partial charge in [0, 0.05) is 56.0 Å². The third-order valence-corrected chi connectivity index (χ3v) is 6.01. The third-order valence-electron chi connectivity index (χ3n) is 6.01. The predicted molar refractivity (Wildman–Crippen MR) is 120 cm³/mol. The van der Waals surface area contributed by atoms with Crippen LogP contribution in [0.3, 0.4) is 0 Å². The highest BCUT2D eigenvalue weighted by atomic mass is 16.5. The molecule has 0 amide bonds. The van der Waals surface area contributed by atoms with Gasteiger partial charge in [0.15, 0.2) is 5.82 Å². The van der Waals surface area contributed by atoms with Crippen molar-refractivity contribution in [3.05, 3.63) is 54.4 Å². The molecule has 3 heterocycles. The molecule has 1 aromatic carbocycles. The molecule has 2 aliphatic rings. The van der Waals surface area contributed by atoms with Crippen LogP contribution in [0.2, 0.25) is 0 Å². The van der Waals surface area contributed by atoms with Crippen molar-refractivity contribution in [1.82, 2.24) is 24.6 Å². The molecule has 1 fully saturated rings. The van der Waals surface area contributed by atoms with E-state index in [1.54, 1.807) is 19.5 Å². The van der Waals surface area contributed by atoms with Gasteiger partial charge in [-0.1, -0.05) is 6.07 Å². The monoisotopic (exact) mass is 435 g/mol. The van der Waals surface area contributed by atoms with E-state index in [0.717, 1.165) is 48.8 Å². The quantitative estimate of drug-likeness (QED) is 0.582. The maximum Gasteiger partial charge on any atom is 0.154 e. The van der Waals surface area contributed by atoms with Gasteiger partial charge in [-0.05, 0) is 36.6 Å². The fourth-order valence-electron chi connectivity index (χ4n) is 4.08. The fraction of sp³-hybridized carbons (Fsp3) is 0.458. The molecule has 2 aromatic heterocycles. The van der Waals surface area contributed by atoms with Crippen molar-refractivity contribution < 1.29 is 14.6 Å². The molecule has 1 atom stereocenters. The lowest BCUT2D eigenvalue weighted by molar-refractivity contribution is 0.0685. The van der Waals surface area contributed by atoms with E-state index >= 15 is 0 Å². The molecule has 0 spiro atoms. The topological polar surface area (TPSA) is 85.5 Å². The molecule has 1 aliphatic carbocycles. The smallest absolute Gasteiger partial charge is 0.154 e. The van der Waals surface area contributed by atoms with Crippen LogP contribution >= 0.6 is 0 Å². The van der Waals surface area contributed by atoms with Crippen LogP contribution in [0.25, 0.3) is 11.1 Å².